The van der Waals surface area contributed by atoms with Gasteiger partial charge < -0.3 is 15.2 Å². The summed E-state index contributed by atoms with van der Waals surface area (Å²) >= 11 is 6.25. The first kappa shape index (κ1) is 18.2. The van der Waals surface area contributed by atoms with E-state index in [0.717, 1.165) is 16.8 Å². The number of ether oxygens (including phenoxy) is 1. The van der Waals surface area contributed by atoms with Crippen LogP contribution in [-0.2, 0) is 0 Å². The molecule has 0 spiro atoms. The fraction of sp³-hybridized carbons (Fsp3) is 0.200. The molecule has 2 N–H and O–H groups in total. The van der Waals surface area contributed by atoms with Crippen LogP contribution >= 0.6 is 11.6 Å². The van der Waals surface area contributed by atoms with E-state index in [1.54, 1.807) is 0 Å². The van der Waals surface area contributed by atoms with E-state index in [4.69, 9.17) is 16.3 Å². The van der Waals surface area contributed by atoms with Gasteiger partial charge in [0, 0.05) is 18.2 Å². The highest BCUT2D eigenvalue weighted by molar-refractivity contribution is 6.32. The highest BCUT2D eigenvalue weighted by Crippen LogP contribution is 2.30. The maximum Gasteiger partial charge on any atom is 0.137 e. The van der Waals surface area contributed by atoms with Gasteiger partial charge in [-0.3, -0.25) is 0 Å². The summed E-state index contributed by atoms with van der Waals surface area (Å²) in [5.41, 5.74) is 2.46. The van der Waals surface area contributed by atoms with Gasteiger partial charge in [-0.2, -0.15) is 0 Å². The van der Waals surface area contributed by atoms with Crippen LogP contribution in [0.1, 0.15) is 18.6 Å². The Balaban J connectivity index is 1.71. The van der Waals surface area contributed by atoms with Gasteiger partial charge in [0.2, 0.25) is 0 Å². The van der Waals surface area contributed by atoms with Crippen molar-refractivity contribution in [3.63, 3.8) is 0 Å². The second-order valence-corrected chi connectivity index (χ2v) is 6.08. The van der Waals surface area contributed by atoms with Crippen molar-refractivity contribution in [2.45, 2.75) is 13.0 Å². The van der Waals surface area contributed by atoms with Crippen LogP contribution in [0.3, 0.4) is 0 Å². The summed E-state index contributed by atoms with van der Waals surface area (Å²) in [6.45, 7) is 2.82. The molecule has 0 saturated heterocycles. The normalized spacial score (nSPS) is 11.8. The maximum absolute atomic E-state index is 10.2. The fourth-order valence-corrected chi connectivity index (χ4v) is 2.77. The molecule has 0 fully saturated rings. The lowest BCUT2D eigenvalue weighted by atomic mass is 10.1. The third kappa shape index (κ3) is 4.50. The molecule has 0 aliphatic rings. The molecule has 0 radical (unpaired) electrons. The summed E-state index contributed by atoms with van der Waals surface area (Å²) < 4.78 is 5.45. The summed E-state index contributed by atoms with van der Waals surface area (Å²) in [4.78, 5) is 8.51. The number of aliphatic hydroxyl groups excluding tert-OH is 1. The largest absolute Gasteiger partial charge is 0.492 e. The topological polar surface area (TPSA) is 67.3 Å². The average molecular weight is 370 g/mol. The fourth-order valence-electron chi connectivity index (χ4n) is 2.54. The lowest BCUT2D eigenvalue weighted by Gasteiger charge is -2.13. The molecule has 0 aliphatic carbocycles. The molecule has 0 bridgehead atoms. The van der Waals surface area contributed by atoms with Crippen LogP contribution in [0.15, 0.2) is 60.9 Å². The van der Waals surface area contributed by atoms with E-state index in [0.29, 0.717) is 29.7 Å². The molecule has 5 nitrogen and oxygen atoms in total. The number of anilines is 1. The molecule has 1 aromatic heterocycles. The van der Waals surface area contributed by atoms with E-state index in [-0.39, 0.29) is 0 Å². The van der Waals surface area contributed by atoms with E-state index in [9.17, 15) is 5.11 Å². The Kier molecular flexibility index (Phi) is 6.04. The zero-order chi connectivity index (χ0) is 18.4. The van der Waals surface area contributed by atoms with Crippen molar-refractivity contribution < 1.29 is 9.84 Å². The molecule has 134 valence electrons. The molecule has 0 aliphatic heterocycles. The molecule has 1 atom stereocenters. The molecule has 1 heterocycles. The molecule has 0 unspecified atom stereocenters. The number of aliphatic hydroxyl groups is 1. The number of nitrogens with zero attached hydrogens (tertiary/aromatic N) is 2. The quantitative estimate of drug-likeness (QED) is 0.648. The molecule has 0 saturated carbocycles. The lowest BCUT2D eigenvalue weighted by molar-refractivity contribution is 0.191. The zero-order valence-corrected chi connectivity index (χ0v) is 15.1. The van der Waals surface area contributed by atoms with E-state index >= 15 is 0 Å². The smallest absolute Gasteiger partial charge is 0.137 e. The number of aromatic nitrogens is 2. The van der Waals surface area contributed by atoms with Gasteiger partial charge in [0.15, 0.2) is 0 Å². The second kappa shape index (κ2) is 8.65. The number of halogens is 1. The monoisotopic (exact) mass is 369 g/mol. The standard InChI is InChI=1S/C20H20ClN3O2/c1-2-26-19-9-8-15(10-16(19)21)17-11-20(24-13-23-17)22-12-18(25)14-6-4-3-5-7-14/h3-11,13,18,25H,2,12H2,1H3,(H,22,23,24)/t18-/m0/s1. The Morgan fingerprint density at radius 3 is 2.65 bits per heavy atom. The number of hydrogen-bond acceptors (Lipinski definition) is 5. The Labute approximate surface area is 157 Å². The number of hydrogen-bond donors (Lipinski definition) is 2. The Morgan fingerprint density at radius 1 is 1.12 bits per heavy atom. The van der Waals surface area contributed by atoms with Gasteiger partial charge in [-0.1, -0.05) is 41.9 Å². The minimum Gasteiger partial charge on any atom is -0.492 e. The van der Waals surface area contributed by atoms with Crippen molar-refractivity contribution in [1.29, 1.82) is 0 Å². The summed E-state index contributed by atoms with van der Waals surface area (Å²) in [6.07, 6.45) is 0.867. The van der Waals surface area contributed by atoms with Crippen LogP contribution in [0.2, 0.25) is 5.02 Å². The molecule has 3 rings (SSSR count). The minimum atomic E-state index is -0.616. The van der Waals surface area contributed by atoms with Crippen LogP contribution in [0, 0.1) is 0 Å². The highest BCUT2D eigenvalue weighted by Gasteiger charge is 2.09. The summed E-state index contributed by atoms with van der Waals surface area (Å²) in [6, 6.07) is 16.9. The first-order valence-corrected chi connectivity index (χ1v) is 8.77. The van der Waals surface area contributed by atoms with Gasteiger partial charge >= 0.3 is 0 Å². The van der Waals surface area contributed by atoms with Crippen LogP contribution in [0.4, 0.5) is 5.82 Å². The first-order valence-electron chi connectivity index (χ1n) is 8.39. The average Bonchev–Trinajstić information content (AvgIpc) is 2.69. The van der Waals surface area contributed by atoms with E-state index in [2.05, 4.69) is 15.3 Å². The van der Waals surface area contributed by atoms with Crippen LogP contribution in [0.5, 0.6) is 5.75 Å². The predicted octanol–water partition coefficient (Wildman–Crippen LogP) is 4.34. The zero-order valence-electron chi connectivity index (χ0n) is 14.4. The van der Waals surface area contributed by atoms with Crippen molar-refractivity contribution >= 4 is 17.4 Å². The Morgan fingerprint density at radius 2 is 1.92 bits per heavy atom. The van der Waals surface area contributed by atoms with Crippen LogP contribution in [0.25, 0.3) is 11.3 Å². The van der Waals surface area contributed by atoms with Crippen molar-refractivity contribution in [1.82, 2.24) is 9.97 Å². The number of rotatable bonds is 7. The molecule has 26 heavy (non-hydrogen) atoms. The third-order valence-electron chi connectivity index (χ3n) is 3.86. The number of benzene rings is 2. The van der Waals surface area contributed by atoms with E-state index in [1.165, 1.54) is 6.33 Å². The summed E-state index contributed by atoms with van der Waals surface area (Å²) in [7, 11) is 0. The van der Waals surface area contributed by atoms with Crippen molar-refractivity contribution in [3.05, 3.63) is 71.5 Å². The molecule has 0 amide bonds. The molecule has 2 aromatic carbocycles. The van der Waals surface area contributed by atoms with Crippen LogP contribution in [-0.4, -0.2) is 28.2 Å². The molecular formula is C20H20ClN3O2. The van der Waals surface area contributed by atoms with Gasteiger partial charge in [-0.15, -0.1) is 0 Å². The minimum absolute atomic E-state index is 0.352. The lowest BCUT2D eigenvalue weighted by Crippen LogP contribution is -2.13. The number of nitrogens with one attached hydrogen (secondary N) is 1. The van der Waals surface area contributed by atoms with Gasteiger partial charge in [-0.25, -0.2) is 9.97 Å². The summed E-state index contributed by atoms with van der Waals surface area (Å²) in [5.74, 6) is 1.28. The van der Waals surface area contributed by atoms with E-state index in [1.807, 2.05) is 61.5 Å². The molecular weight excluding hydrogens is 350 g/mol. The van der Waals surface area contributed by atoms with Crippen molar-refractivity contribution in [2.24, 2.45) is 0 Å². The van der Waals surface area contributed by atoms with Crippen LogP contribution < -0.4 is 10.1 Å². The van der Waals surface area contributed by atoms with Gasteiger partial charge in [0.1, 0.15) is 17.9 Å². The van der Waals surface area contributed by atoms with Crippen molar-refractivity contribution in [3.8, 4) is 17.0 Å². The molecule has 6 heteroatoms. The van der Waals surface area contributed by atoms with Gasteiger partial charge in [-0.05, 0) is 30.7 Å². The Bertz CT molecular complexity index is 859. The van der Waals surface area contributed by atoms with E-state index < -0.39 is 6.10 Å². The summed E-state index contributed by atoms with van der Waals surface area (Å²) in [5, 5.41) is 13.9. The molecule has 3 aromatic rings. The third-order valence-corrected chi connectivity index (χ3v) is 4.15. The second-order valence-electron chi connectivity index (χ2n) is 5.67. The van der Waals surface area contributed by atoms with Gasteiger partial charge in [0.05, 0.1) is 23.4 Å². The maximum atomic E-state index is 10.2. The highest BCUT2D eigenvalue weighted by atomic mass is 35.5. The SMILES string of the molecule is CCOc1ccc(-c2cc(NC[C@H](O)c3ccccc3)ncn2)cc1Cl. The van der Waals surface area contributed by atoms with Gasteiger partial charge in [0.25, 0.3) is 0 Å². The Hall–Kier alpha value is -2.63. The predicted molar refractivity (Wildman–Crippen MR) is 104 cm³/mol. The first-order chi connectivity index (χ1) is 12.7. The van der Waals surface area contributed by atoms with Crippen molar-refractivity contribution in [2.75, 3.05) is 18.5 Å².